The minimum Gasteiger partial charge on any atom is -0.329 e. The minimum atomic E-state index is -0.277. The number of carbonyl (C=O) groups excluding carboxylic acids is 2. The van der Waals surface area contributed by atoms with Gasteiger partial charge in [0.1, 0.15) is 6.54 Å². The third-order valence-electron chi connectivity index (χ3n) is 3.29. The highest BCUT2D eigenvalue weighted by Gasteiger charge is 2.14. The molecular formula is C18H17N3O2. The molecule has 116 valence electrons. The molecule has 0 aliphatic rings. The van der Waals surface area contributed by atoms with Crippen LogP contribution in [0.3, 0.4) is 0 Å². The summed E-state index contributed by atoms with van der Waals surface area (Å²) in [4.78, 5) is 25.3. The van der Waals surface area contributed by atoms with Gasteiger partial charge in [0, 0.05) is 19.2 Å². The molecule has 0 heterocycles. The fourth-order valence-corrected chi connectivity index (χ4v) is 2.08. The van der Waals surface area contributed by atoms with Crippen LogP contribution < -0.4 is 5.32 Å². The van der Waals surface area contributed by atoms with E-state index in [1.165, 1.54) is 11.8 Å². The maximum atomic E-state index is 12.1. The molecular weight excluding hydrogens is 290 g/mol. The van der Waals surface area contributed by atoms with E-state index < -0.39 is 0 Å². The van der Waals surface area contributed by atoms with Gasteiger partial charge in [-0.3, -0.25) is 9.59 Å². The van der Waals surface area contributed by atoms with Crippen LogP contribution in [0, 0.1) is 11.3 Å². The van der Waals surface area contributed by atoms with Gasteiger partial charge in [-0.15, -0.1) is 0 Å². The normalized spacial score (nSPS) is 9.74. The third kappa shape index (κ3) is 4.97. The van der Waals surface area contributed by atoms with Gasteiger partial charge < -0.3 is 10.2 Å². The van der Waals surface area contributed by atoms with E-state index >= 15 is 0 Å². The summed E-state index contributed by atoms with van der Waals surface area (Å²) in [5.74, 6) is -0.440. The quantitative estimate of drug-likeness (QED) is 0.922. The Hall–Kier alpha value is -3.13. The second-order valence-corrected chi connectivity index (χ2v) is 5.10. The van der Waals surface area contributed by atoms with E-state index in [-0.39, 0.29) is 18.4 Å². The molecule has 0 saturated heterocycles. The van der Waals surface area contributed by atoms with Crippen molar-refractivity contribution >= 4 is 17.5 Å². The van der Waals surface area contributed by atoms with Crippen LogP contribution in [-0.4, -0.2) is 23.3 Å². The summed E-state index contributed by atoms with van der Waals surface area (Å²) in [6.45, 7) is 1.80. The molecule has 0 unspecified atom stereocenters. The Balaban J connectivity index is 1.97. The Labute approximate surface area is 135 Å². The van der Waals surface area contributed by atoms with Crippen LogP contribution in [-0.2, 0) is 16.1 Å². The maximum absolute atomic E-state index is 12.1. The molecule has 2 rings (SSSR count). The van der Waals surface area contributed by atoms with Crippen LogP contribution >= 0.6 is 0 Å². The maximum Gasteiger partial charge on any atom is 0.244 e. The number of nitriles is 1. The second-order valence-electron chi connectivity index (χ2n) is 5.10. The van der Waals surface area contributed by atoms with Crippen molar-refractivity contribution in [3.05, 3.63) is 65.7 Å². The fraction of sp³-hybridized carbons (Fsp3) is 0.167. The highest BCUT2D eigenvalue weighted by Crippen LogP contribution is 2.10. The standard InChI is InChI=1S/C18H17N3O2/c1-14(22)21(12-16-5-3-2-4-6-16)13-18(23)20-17-9-7-15(11-19)8-10-17/h2-10H,12-13H2,1H3,(H,20,23). The average Bonchev–Trinajstić information content (AvgIpc) is 2.56. The van der Waals surface area contributed by atoms with Crippen molar-refractivity contribution < 1.29 is 9.59 Å². The predicted molar refractivity (Wildman–Crippen MR) is 87.3 cm³/mol. The number of nitrogens with one attached hydrogen (secondary N) is 1. The van der Waals surface area contributed by atoms with E-state index in [9.17, 15) is 9.59 Å². The summed E-state index contributed by atoms with van der Waals surface area (Å²) in [7, 11) is 0. The average molecular weight is 307 g/mol. The Morgan fingerprint density at radius 3 is 2.30 bits per heavy atom. The van der Waals surface area contributed by atoms with Crippen LogP contribution in [0.1, 0.15) is 18.1 Å². The third-order valence-corrected chi connectivity index (χ3v) is 3.29. The Morgan fingerprint density at radius 1 is 1.09 bits per heavy atom. The lowest BCUT2D eigenvalue weighted by atomic mass is 10.2. The topological polar surface area (TPSA) is 73.2 Å². The highest BCUT2D eigenvalue weighted by molar-refractivity contribution is 5.94. The van der Waals surface area contributed by atoms with Gasteiger partial charge in [-0.1, -0.05) is 30.3 Å². The van der Waals surface area contributed by atoms with E-state index in [1.807, 2.05) is 36.4 Å². The van der Waals surface area contributed by atoms with E-state index in [4.69, 9.17) is 5.26 Å². The van der Waals surface area contributed by atoms with Crippen molar-refractivity contribution in [1.82, 2.24) is 4.90 Å². The smallest absolute Gasteiger partial charge is 0.244 e. The molecule has 2 aromatic carbocycles. The molecule has 5 nitrogen and oxygen atoms in total. The van der Waals surface area contributed by atoms with Crippen molar-refractivity contribution in [3.8, 4) is 6.07 Å². The number of nitrogens with zero attached hydrogens (tertiary/aromatic N) is 2. The first-order valence-corrected chi connectivity index (χ1v) is 7.18. The van der Waals surface area contributed by atoms with Gasteiger partial charge in [-0.25, -0.2) is 0 Å². The van der Waals surface area contributed by atoms with Gasteiger partial charge in [0.05, 0.1) is 11.6 Å². The van der Waals surface area contributed by atoms with Crippen molar-refractivity contribution in [2.75, 3.05) is 11.9 Å². The van der Waals surface area contributed by atoms with E-state index in [2.05, 4.69) is 5.32 Å². The number of rotatable bonds is 5. The molecule has 5 heteroatoms. The number of carbonyl (C=O) groups is 2. The summed E-state index contributed by atoms with van der Waals surface area (Å²) >= 11 is 0. The van der Waals surface area contributed by atoms with Crippen LogP contribution in [0.5, 0.6) is 0 Å². The molecule has 0 spiro atoms. The largest absolute Gasteiger partial charge is 0.329 e. The van der Waals surface area contributed by atoms with Crippen molar-refractivity contribution in [3.63, 3.8) is 0 Å². The van der Waals surface area contributed by atoms with Crippen LogP contribution in [0.2, 0.25) is 0 Å². The molecule has 0 atom stereocenters. The zero-order valence-corrected chi connectivity index (χ0v) is 12.8. The van der Waals surface area contributed by atoms with Gasteiger partial charge in [0.25, 0.3) is 0 Å². The minimum absolute atomic E-state index is 0.0236. The van der Waals surface area contributed by atoms with Crippen molar-refractivity contribution in [1.29, 1.82) is 5.26 Å². The molecule has 0 fully saturated rings. The molecule has 0 saturated carbocycles. The predicted octanol–water partition coefficient (Wildman–Crippen LogP) is 2.55. The van der Waals surface area contributed by atoms with Gasteiger partial charge in [-0.2, -0.15) is 5.26 Å². The summed E-state index contributed by atoms with van der Waals surface area (Å²) in [5, 5.41) is 11.5. The van der Waals surface area contributed by atoms with Crippen LogP contribution in [0.4, 0.5) is 5.69 Å². The first-order chi connectivity index (χ1) is 11.1. The van der Waals surface area contributed by atoms with Gasteiger partial charge >= 0.3 is 0 Å². The number of amides is 2. The fourth-order valence-electron chi connectivity index (χ4n) is 2.08. The molecule has 0 aliphatic heterocycles. The van der Waals surface area contributed by atoms with Crippen LogP contribution in [0.25, 0.3) is 0 Å². The Kier molecular flexibility index (Phi) is 5.48. The van der Waals surface area contributed by atoms with E-state index in [1.54, 1.807) is 24.3 Å². The zero-order valence-electron chi connectivity index (χ0n) is 12.8. The molecule has 0 bridgehead atoms. The number of benzene rings is 2. The first-order valence-electron chi connectivity index (χ1n) is 7.18. The lowest BCUT2D eigenvalue weighted by Crippen LogP contribution is -2.36. The molecule has 2 aromatic rings. The van der Waals surface area contributed by atoms with Crippen molar-refractivity contribution in [2.45, 2.75) is 13.5 Å². The van der Waals surface area contributed by atoms with Crippen molar-refractivity contribution in [2.24, 2.45) is 0 Å². The first kappa shape index (κ1) is 16.2. The highest BCUT2D eigenvalue weighted by atomic mass is 16.2. The molecule has 1 N–H and O–H groups in total. The number of hydrogen-bond acceptors (Lipinski definition) is 3. The summed E-state index contributed by atoms with van der Waals surface area (Å²) in [6.07, 6.45) is 0. The number of anilines is 1. The second kappa shape index (κ2) is 7.76. The molecule has 0 aliphatic carbocycles. The van der Waals surface area contributed by atoms with Gasteiger partial charge in [-0.05, 0) is 29.8 Å². The molecule has 0 aromatic heterocycles. The molecule has 0 radical (unpaired) electrons. The summed E-state index contributed by atoms with van der Waals surface area (Å²) in [6, 6.07) is 18.1. The monoisotopic (exact) mass is 307 g/mol. The molecule has 23 heavy (non-hydrogen) atoms. The van der Waals surface area contributed by atoms with Crippen LogP contribution in [0.15, 0.2) is 54.6 Å². The lowest BCUT2D eigenvalue weighted by molar-refractivity contribution is -0.133. The van der Waals surface area contributed by atoms with Gasteiger partial charge in [0.2, 0.25) is 11.8 Å². The SMILES string of the molecule is CC(=O)N(CC(=O)Nc1ccc(C#N)cc1)Cc1ccccc1. The Bertz CT molecular complexity index is 718. The Morgan fingerprint density at radius 2 is 1.74 bits per heavy atom. The zero-order chi connectivity index (χ0) is 16.7. The molecule has 2 amide bonds. The van der Waals surface area contributed by atoms with E-state index in [0.29, 0.717) is 17.8 Å². The summed E-state index contributed by atoms with van der Waals surface area (Å²) < 4.78 is 0. The lowest BCUT2D eigenvalue weighted by Gasteiger charge is -2.20. The van der Waals surface area contributed by atoms with E-state index in [0.717, 1.165) is 5.56 Å². The van der Waals surface area contributed by atoms with Gasteiger partial charge in [0.15, 0.2) is 0 Å². The number of hydrogen-bond donors (Lipinski definition) is 1. The summed E-state index contributed by atoms with van der Waals surface area (Å²) in [5.41, 5.74) is 2.09.